The van der Waals surface area contributed by atoms with E-state index < -0.39 is 10.0 Å². The maximum absolute atomic E-state index is 11.5. The maximum atomic E-state index is 11.5. The van der Waals surface area contributed by atoms with Crippen LogP contribution in [-0.4, -0.2) is 27.2 Å². The van der Waals surface area contributed by atoms with Crippen LogP contribution < -0.4 is 9.62 Å². The van der Waals surface area contributed by atoms with Crippen molar-refractivity contribution in [2.24, 2.45) is 0 Å². The van der Waals surface area contributed by atoms with Gasteiger partial charge in [0.2, 0.25) is 10.0 Å². The molecule has 0 saturated heterocycles. The maximum Gasteiger partial charge on any atom is 0.244 e. The van der Waals surface area contributed by atoms with E-state index in [2.05, 4.69) is 4.72 Å². The van der Waals surface area contributed by atoms with Gasteiger partial charge in [-0.1, -0.05) is 0 Å². The number of aromatic hydroxyl groups is 1. The number of phenolic OH excluding ortho intramolecular Hbond substituents is 1. The highest BCUT2D eigenvalue weighted by atomic mass is 32.2. The molecule has 6 heteroatoms. The van der Waals surface area contributed by atoms with Gasteiger partial charge in [0.25, 0.3) is 0 Å². The average Bonchev–Trinajstić information content (AvgIpc) is 2.12. The zero-order valence-corrected chi connectivity index (χ0v) is 8.37. The summed E-state index contributed by atoms with van der Waals surface area (Å²) in [4.78, 5) is 1.88. The van der Waals surface area contributed by atoms with Crippen LogP contribution in [0.15, 0.2) is 23.1 Å². The van der Waals surface area contributed by atoms with Crippen molar-refractivity contribution in [1.82, 2.24) is 4.72 Å². The van der Waals surface area contributed by atoms with Gasteiger partial charge >= 0.3 is 0 Å². The van der Waals surface area contributed by atoms with Gasteiger partial charge in [-0.15, -0.1) is 0 Å². The van der Waals surface area contributed by atoms with E-state index in [0.29, 0.717) is 5.69 Å². The van der Waals surface area contributed by atoms with Gasteiger partial charge in [0, 0.05) is 13.1 Å². The Labute approximate surface area is 82.0 Å². The van der Waals surface area contributed by atoms with Crippen LogP contribution in [0.1, 0.15) is 0 Å². The van der Waals surface area contributed by atoms with E-state index in [-0.39, 0.29) is 17.3 Å². The molecule has 14 heavy (non-hydrogen) atoms. The van der Waals surface area contributed by atoms with Crippen molar-refractivity contribution in [3.8, 4) is 5.75 Å². The van der Waals surface area contributed by atoms with Gasteiger partial charge in [-0.25, -0.2) is 8.42 Å². The molecular weight excluding hydrogens is 204 g/mol. The molecule has 0 saturated carbocycles. The van der Waals surface area contributed by atoms with Crippen molar-refractivity contribution in [2.75, 3.05) is 18.6 Å². The summed E-state index contributed by atoms with van der Waals surface area (Å²) in [6, 6.07) is 4.30. The van der Waals surface area contributed by atoms with E-state index in [1.54, 1.807) is 18.0 Å². The average molecular weight is 214 g/mol. The monoisotopic (exact) mass is 214 g/mol. The quantitative estimate of drug-likeness (QED) is 0.641. The molecule has 0 amide bonds. The molecule has 0 fully saturated rings. The number of rotatable bonds is 0. The topological polar surface area (TPSA) is 69.6 Å². The number of phenols is 1. The van der Waals surface area contributed by atoms with Gasteiger partial charge in [-0.2, -0.15) is 4.72 Å². The number of benzene rings is 1. The predicted octanol–water partition coefficient (Wildman–Crippen LogP) is 0.0778. The highest BCUT2D eigenvalue weighted by Crippen LogP contribution is 2.30. The predicted molar refractivity (Wildman–Crippen MR) is 51.7 cm³/mol. The van der Waals surface area contributed by atoms with E-state index in [4.69, 9.17) is 0 Å². The molecule has 1 aliphatic rings. The minimum absolute atomic E-state index is 0.0515. The van der Waals surface area contributed by atoms with Crippen LogP contribution in [0.2, 0.25) is 0 Å². The molecule has 0 radical (unpaired) electrons. The molecule has 1 aromatic carbocycles. The summed E-state index contributed by atoms with van der Waals surface area (Å²) in [6.45, 7) is 0.250. The van der Waals surface area contributed by atoms with E-state index >= 15 is 0 Å². The van der Waals surface area contributed by atoms with E-state index in [9.17, 15) is 13.5 Å². The number of anilines is 1. The van der Waals surface area contributed by atoms with Gasteiger partial charge in [0.15, 0.2) is 0 Å². The van der Waals surface area contributed by atoms with Crippen LogP contribution in [0.3, 0.4) is 0 Å². The number of sulfonamides is 1. The molecule has 76 valence electrons. The minimum atomic E-state index is -3.45. The highest BCUT2D eigenvalue weighted by Gasteiger charge is 2.26. The Morgan fingerprint density at radius 2 is 2.21 bits per heavy atom. The summed E-state index contributed by atoms with van der Waals surface area (Å²) in [5.41, 5.74) is 0.599. The standard InChI is InChI=1S/C8H10N2O3S/c1-10-5-9-14(12,13)8-4-6(11)2-3-7(8)10/h2-4,9,11H,5H2,1H3. The fraction of sp³-hybridized carbons (Fsp3) is 0.250. The van der Waals surface area contributed by atoms with Crippen molar-refractivity contribution in [2.45, 2.75) is 4.90 Å². The van der Waals surface area contributed by atoms with E-state index in [1.807, 2.05) is 0 Å². The first kappa shape index (κ1) is 9.29. The molecule has 0 spiro atoms. The van der Waals surface area contributed by atoms with Crippen molar-refractivity contribution >= 4 is 15.7 Å². The van der Waals surface area contributed by atoms with Crippen LogP contribution in [-0.2, 0) is 10.0 Å². The third-order valence-corrected chi connectivity index (χ3v) is 3.55. The van der Waals surface area contributed by atoms with E-state index in [1.165, 1.54) is 12.1 Å². The molecule has 0 aliphatic carbocycles. The van der Waals surface area contributed by atoms with Crippen molar-refractivity contribution in [3.63, 3.8) is 0 Å². The Morgan fingerprint density at radius 3 is 2.93 bits per heavy atom. The zero-order valence-electron chi connectivity index (χ0n) is 7.56. The molecule has 0 atom stereocenters. The molecule has 0 unspecified atom stereocenters. The smallest absolute Gasteiger partial charge is 0.244 e. The molecular formula is C8H10N2O3S. The molecule has 1 aromatic rings. The largest absolute Gasteiger partial charge is 0.508 e. The number of hydrogen-bond donors (Lipinski definition) is 2. The molecule has 5 nitrogen and oxygen atoms in total. The minimum Gasteiger partial charge on any atom is -0.508 e. The first-order valence-corrected chi connectivity index (χ1v) is 5.53. The van der Waals surface area contributed by atoms with Gasteiger partial charge in [0.05, 0.1) is 12.4 Å². The van der Waals surface area contributed by atoms with Gasteiger partial charge in [0.1, 0.15) is 10.6 Å². The Balaban J connectivity index is 2.70. The second-order valence-corrected chi connectivity index (χ2v) is 4.89. The van der Waals surface area contributed by atoms with Crippen molar-refractivity contribution < 1.29 is 13.5 Å². The Morgan fingerprint density at radius 1 is 1.50 bits per heavy atom. The summed E-state index contributed by atoms with van der Waals surface area (Å²) in [5.74, 6) is -0.0515. The Bertz CT molecular complexity index is 469. The first-order chi connectivity index (χ1) is 6.50. The van der Waals surface area contributed by atoms with Crippen LogP contribution in [0.5, 0.6) is 5.75 Å². The summed E-state index contributed by atoms with van der Waals surface area (Å²) in [5, 5.41) is 9.20. The highest BCUT2D eigenvalue weighted by molar-refractivity contribution is 7.89. The second kappa shape index (κ2) is 2.86. The lowest BCUT2D eigenvalue weighted by Gasteiger charge is -2.27. The fourth-order valence-corrected chi connectivity index (χ4v) is 2.67. The number of nitrogens with zero attached hydrogens (tertiary/aromatic N) is 1. The Kier molecular flexibility index (Phi) is 1.90. The third kappa shape index (κ3) is 1.32. The molecule has 0 bridgehead atoms. The molecule has 2 rings (SSSR count). The molecule has 2 N–H and O–H groups in total. The normalized spacial score (nSPS) is 19.1. The summed E-state index contributed by atoms with van der Waals surface area (Å²) in [7, 11) is -1.67. The lowest BCUT2D eigenvalue weighted by atomic mass is 10.3. The number of fused-ring (bicyclic) bond motifs is 1. The van der Waals surface area contributed by atoms with Crippen LogP contribution >= 0.6 is 0 Å². The van der Waals surface area contributed by atoms with Gasteiger partial charge in [-0.05, 0) is 12.1 Å². The Hall–Kier alpha value is -1.27. The van der Waals surface area contributed by atoms with Crippen LogP contribution in [0.25, 0.3) is 0 Å². The lowest BCUT2D eigenvalue weighted by molar-refractivity contribution is 0.472. The third-order valence-electron chi connectivity index (χ3n) is 2.14. The summed E-state index contributed by atoms with van der Waals surface area (Å²) >= 11 is 0. The van der Waals surface area contributed by atoms with Crippen molar-refractivity contribution in [1.29, 1.82) is 0 Å². The van der Waals surface area contributed by atoms with Crippen molar-refractivity contribution in [3.05, 3.63) is 18.2 Å². The first-order valence-electron chi connectivity index (χ1n) is 4.04. The van der Waals surface area contributed by atoms with Gasteiger partial charge < -0.3 is 10.0 Å². The lowest BCUT2D eigenvalue weighted by Crippen LogP contribution is -2.40. The SMILES string of the molecule is CN1CNS(=O)(=O)c2cc(O)ccc21. The van der Waals surface area contributed by atoms with Gasteiger partial charge in [-0.3, -0.25) is 0 Å². The molecule has 1 aliphatic heterocycles. The fourth-order valence-electron chi connectivity index (χ4n) is 1.38. The second-order valence-electron chi connectivity index (χ2n) is 3.16. The summed E-state index contributed by atoms with van der Waals surface area (Å²) in [6.07, 6.45) is 0. The van der Waals surface area contributed by atoms with E-state index in [0.717, 1.165) is 0 Å². The number of nitrogens with one attached hydrogen (secondary N) is 1. The van der Waals surface area contributed by atoms with Crippen LogP contribution in [0.4, 0.5) is 5.69 Å². The zero-order chi connectivity index (χ0) is 10.3. The molecule has 1 heterocycles. The summed E-state index contributed by atoms with van der Waals surface area (Å²) < 4.78 is 25.4. The number of hydrogen-bond acceptors (Lipinski definition) is 4. The van der Waals surface area contributed by atoms with Crippen LogP contribution in [0, 0.1) is 0 Å². The molecule has 0 aromatic heterocycles.